The van der Waals surface area contributed by atoms with Gasteiger partial charge in [-0.2, -0.15) is 0 Å². The van der Waals surface area contributed by atoms with Crippen LogP contribution in [0.3, 0.4) is 0 Å². The van der Waals surface area contributed by atoms with Crippen LogP contribution in [-0.2, 0) is 0 Å². The Morgan fingerprint density at radius 1 is 1.05 bits per heavy atom. The number of aromatic carboxylic acids is 1. The van der Waals surface area contributed by atoms with Gasteiger partial charge >= 0.3 is 12.0 Å². The molecule has 5 nitrogen and oxygen atoms in total. The van der Waals surface area contributed by atoms with Crippen LogP contribution < -0.4 is 10.6 Å². The van der Waals surface area contributed by atoms with Gasteiger partial charge in [0.2, 0.25) is 0 Å². The summed E-state index contributed by atoms with van der Waals surface area (Å²) in [5.41, 5.74) is 0.117. The number of benzene rings is 2. The molecule has 0 atom stereocenters. The quantitative estimate of drug-likeness (QED) is 0.806. The average Bonchev–Trinajstić information content (AvgIpc) is 2.43. The van der Waals surface area contributed by atoms with Gasteiger partial charge in [0.15, 0.2) is 0 Å². The van der Waals surface area contributed by atoms with E-state index in [1.54, 1.807) is 24.3 Å². The molecule has 0 fully saturated rings. The van der Waals surface area contributed by atoms with Crippen molar-refractivity contribution in [3.8, 4) is 0 Å². The van der Waals surface area contributed by atoms with E-state index in [2.05, 4.69) is 10.6 Å². The highest BCUT2D eigenvalue weighted by Gasteiger charge is 2.11. The number of hydrogen-bond acceptors (Lipinski definition) is 2. The van der Waals surface area contributed by atoms with E-state index in [0.717, 1.165) is 18.2 Å². The van der Waals surface area contributed by atoms with Gasteiger partial charge in [-0.25, -0.2) is 14.0 Å². The van der Waals surface area contributed by atoms with Crippen molar-refractivity contribution in [3.05, 3.63) is 58.9 Å². The summed E-state index contributed by atoms with van der Waals surface area (Å²) in [6, 6.07) is 8.75. The summed E-state index contributed by atoms with van der Waals surface area (Å²) in [5.74, 6) is -1.94. The monoisotopic (exact) mass is 308 g/mol. The molecule has 0 aromatic heterocycles. The molecular weight excluding hydrogens is 299 g/mol. The molecule has 3 N–H and O–H groups in total. The molecule has 2 aromatic carbocycles. The lowest BCUT2D eigenvalue weighted by molar-refractivity contribution is 0.0697. The molecule has 0 saturated heterocycles. The summed E-state index contributed by atoms with van der Waals surface area (Å²) in [7, 11) is 0. The van der Waals surface area contributed by atoms with Gasteiger partial charge in [-0.05, 0) is 42.5 Å². The maximum absolute atomic E-state index is 13.5. The minimum atomic E-state index is -1.21. The van der Waals surface area contributed by atoms with Crippen molar-refractivity contribution in [1.82, 2.24) is 0 Å². The number of halogens is 2. The van der Waals surface area contributed by atoms with Crippen LogP contribution in [0.25, 0.3) is 0 Å². The number of carboxylic acid groups (broad SMARTS) is 1. The molecule has 0 aliphatic carbocycles. The normalized spacial score (nSPS) is 10.0. The zero-order valence-corrected chi connectivity index (χ0v) is 11.3. The van der Waals surface area contributed by atoms with Gasteiger partial charge in [0, 0.05) is 10.7 Å². The topological polar surface area (TPSA) is 78.4 Å². The summed E-state index contributed by atoms with van der Waals surface area (Å²) in [5, 5.41) is 14.1. The third-order valence-electron chi connectivity index (χ3n) is 2.56. The van der Waals surface area contributed by atoms with E-state index in [-0.39, 0.29) is 11.3 Å². The van der Waals surface area contributed by atoms with Gasteiger partial charge in [0.05, 0.1) is 11.3 Å². The Kier molecular flexibility index (Phi) is 4.39. The van der Waals surface area contributed by atoms with Crippen molar-refractivity contribution in [2.75, 3.05) is 10.6 Å². The number of carboxylic acids is 1. The van der Waals surface area contributed by atoms with Crippen LogP contribution in [0.5, 0.6) is 0 Å². The van der Waals surface area contributed by atoms with Crippen LogP contribution in [0.4, 0.5) is 20.6 Å². The van der Waals surface area contributed by atoms with Gasteiger partial charge in [-0.3, -0.25) is 0 Å². The number of nitrogens with one attached hydrogen (secondary N) is 2. The average molecular weight is 309 g/mol. The second-order valence-corrected chi connectivity index (χ2v) is 4.52. The second kappa shape index (κ2) is 6.23. The molecule has 0 saturated carbocycles. The van der Waals surface area contributed by atoms with Crippen molar-refractivity contribution < 1.29 is 19.1 Å². The lowest BCUT2D eigenvalue weighted by Gasteiger charge is -2.09. The first-order valence-corrected chi connectivity index (χ1v) is 6.20. The summed E-state index contributed by atoms with van der Waals surface area (Å²) in [6.45, 7) is 0. The first-order chi connectivity index (χ1) is 9.95. The fourth-order valence-corrected chi connectivity index (χ4v) is 1.70. The lowest BCUT2D eigenvalue weighted by atomic mass is 10.2. The summed E-state index contributed by atoms with van der Waals surface area (Å²) < 4.78 is 13.5. The van der Waals surface area contributed by atoms with E-state index >= 15 is 0 Å². The first kappa shape index (κ1) is 14.8. The largest absolute Gasteiger partial charge is 0.478 e. The first-order valence-electron chi connectivity index (χ1n) is 5.82. The smallest absolute Gasteiger partial charge is 0.335 e. The molecule has 0 spiro atoms. The van der Waals surface area contributed by atoms with Crippen LogP contribution in [0.2, 0.25) is 5.02 Å². The van der Waals surface area contributed by atoms with Gasteiger partial charge in [-0.1, -0.05) is 11.6 Å². The summed E-state index contributed by atoms with van der Waals surface area (Å²) >= 11 is 5.71. The highest BCUT2D eigenvalue weighted by Crippen LogP contribution is 2.18. The third kappa shape index (κ3) is 3.93. The lowest BCUT2D eigenvalue weighted by Crippen LogP contribution is -2.20. The summed E-state index contributed by atoms with van der Waals surface area (Å²) in [6.07, 6.45) is 0. The Balaban J connectivity index is 2.10. The Bertz CT molecular complexity index is 689. The maximum atomic E-state index is 13.5. The highest BCUT2D eigenvalue weighted by molar-refractivity contribution is 6.30. The molecule has 2 rings (SSSR count). The molecule has 0 aliphatic heterocycles. The SMILES string of the molecule is O=C(Nc1ccc(Cl)cc1)Nc1cc(C(=O)O)ccc1F. The zero-order chi connectivity index (χ0) is 15.4. The van der Waals surface area contributed by atoms with Gasteiger partial charge in [0.1, 0.15) is 5.82 Å². The fourth-order valence-electron chi connectivity index (χ4n) is 1.57. The van der Waals surface area contributed by atoms with E-state index in [0.29, 0.717) is 10.7 Å². The van der Waals surface area contributed by atoms with Crippen molar-refractivity contribution >= 4 is 35.0 Å². The number of carbonyl (C=O) groups is 2. The van der Waals surface area contributed by atoms with Crippen LogP contribution >= 0.6 is 11.6 Å². The van der Waals surface area contributed by atoms with E-state index in [1.807, 2.05) is 0 Å². The third-order valence-corrected chi connectivity index (χ3v) is 2.82. The van der Waals surface area contributed by atoms with Crippen molar-refractivity contribution in [3.63, 3.8) is 0 Å². The minimum Gasteiger partial charge on any atom is -0.478 e. The van der Waals surface area contributed by atoms with E-state index < -0.39 is 17.8 Å². The molecule has 2 aromatic rings. The molecule has 0 bridgehead atoms. The predicted molar refractivity (Wildman–Crippen MR) is 77.5 cm³/mol. The Labute approximate surface area is 124 Å². The minimum absolute atomic E-state index is 0.127. The Hall–Kier alpha value is -2.60. The van der Waals surface area contributed by atoms with E-state index in [4.69, 9.17) is 16.7 Å². The molecule has 108 valence electrons. The molecule has 0 heterocycles. The predicted octanol–water partition coefficient (Wildman–Crippen LogP) is 3.82. The zero-order valence-electron chi connectivity index (χ0n) is 10.6. The van der Waals surface area contributed by atoms with Gasteiger partial charge in [0.25, 0.3) is 0 Å². The number of anilines is 2. The Morgan fingerprint density at radius 3 is 2.33 bits per heavy atom. The fraction of sp³-hybridized carbons (Fsp3) is 0. The number of urea groups is 1. The van der Waals surface area contributed by atoms with E-state index in [1.165, 1.54) is 0 Å². The number of carbonyl (C=O) groups excluding carboxylic acids is 1. The number of amides is 2. The maximum Gasteiger partial charge on any atom is 0.335 e. The molecule has 0 radical (unpaired) electrons. The van der Waals surface area contributed by atoms with Gasteiger partial charge < -0.3 is 15.7 Å². The summed E-state index contributed by atoms with van der Waals surface area (Å²) in [4.78, 5) is 22.5. The Morgan fingerprint density at radius 2 is 1.71 bits per heavy atom. The standard InChI is InChI=1S/C14H10ClFN2O3/c15-9-2-4-10(5-3-9)17-14(21)18-12-7-8(13(19)20)1-6-11(12)16/h1-7H,(H,19,20)(H2,17,18,21). The highest BCUT2D eigenvalue weighted by atomic mass is 35.5. The van der Waals surface area contributed by atoms with Crippen molar-refractivity contribution in [1.29, 1.82) is 0 Å². The number of hydrogen-bond donors (Lipinski definition) is 3. The van der Waals surface area contributed by atoms with Crippen LogP contribution in [0, 0.1) is 5.82 Å². The van der Waals surface area contributed by atoms with Crippen molar-refractivity contribution in [2.24, 2.45) is 0 Å². The molecule has 0 aliphatic rings. The molecule has 2 amide bonds. The molecule has 0 unspecified atom stereocenters. The van der Waals surface area contributed by atoms with Crippen LogP contribution in [0.15, 0.2) is 42.5 Å². The molecular formula is C14H10ClFN2O3. The molecule has 21 heavy (non-hydrogen) atoms. The van der Waals surface area contributed by atoms with Gasteiger partial charge in [-0.15, -0.1) is 0 Å². The molecule has 7 heteroatoms. The van der Waals surface area contributed by atoms with Crippen LogP contribution in [-0.4, -0.2) is 17.1 Å². The number of rotatable bonds is 3. The second-order valence-electron chi connectivity index (χ2n) is 4.09. The van der Waals surface area contributed by atoms with Crippen LogP contribution in [0.1, 0.15) is 10.4 Å². The van der Waals surface area contributed by atoms with E-state index in [9.17, 15) is 14.0 Å². The van der Waals surface area contributed by atoms with Crippen molar-refractivity contribution in [2.45, 2.75) is 0 Å².